The average Bonchev–Trinajstić information content (AvgIpc) is 2.99. The summed E-state index contributed by atoms with van der Waals surface area (Å²) in [6.45, 7) is 1.30. The van der Waals surface area contributed by atoms with Gasteiger partial charge in [-0.2, -0.15) is 0 Å². The van der Waals surface area contributed by atoms with Gasteiger partial charge in [-0.25, -0.2) is 0 Å². The van der Waals surface area contributed by atoms with E-state index in [1.54, 1.807) is 0 Å². The molecule has 0 spiro atoms. The van der Waals surface area contributed by atoms with Crippen LogP contribution in [0.5, 0.6) is 5.75 Å². The molecule has 2 aliphatic heterocycles. The highest BCUT2D eigenvalue weighted by Gasteiger charge is 2.36. The van der Waals surface area contributed by atoms with Crippen LogP contribution in [-0.2, 0) is 11.3 Å². The maximum Gasteiger partial charge on any atom is 0.119 e. The second kappa shape index (κ2) is 4.51. The van der Waals surface area contributed by atoms with Crippen LogP contribution in [0.4, 0.5) is 0 Å². The quantitative estimate of drug-likeness (QED) is 0.804. The Kier molecular flexibility index (Phi) is 2.87. The van der Waals surface area contributed by atoms with E-state index >= 15 is 0 Å². The molecule has 0 aliphatic carbocycles. The first-order valence-electron chi connectivity index (χ1n) is 6.11. The molecule has 2 bridgehead atoms. The van der Waals surface area contributed by atoms with E-state index in [4.69, 9.17) is 15.2 Å². The van der Waals surface area contributed by atoms with Crippen LogP contribution < -0.4 is 10.5 Å². The van der Waals surface area contributed by atoms with Crippen LogP contribution in [0.15, 0.2) is 36.4 Å². The van der Waals surface area contributed by atoms with Gasteiger partial charge in [0, 0.05) is 12.5 Å². The van der Waals surface area contributed by atoms with Crippen molar-refractivity contribution in [2.75, 3.05) is 6.61 Å². The minimum Gasteiger partial charge on any atom is -0.493 e. The standard InChI is InChI=1S/C14H17NO2/c15-8-10-1-3-12(4-2-10)16-9-11-7-13-5-6-14(11)17-13/h1-6,11,13-14H,7-9,15H2. The second-order valence-electron chi connectivity index (χ2n) is 4.68. The van der Waals surface area contributed by atoms with Gasteiger partial charge in [0.2, 0.25) is 0 Å². The molecule has 1 saturated heterocycles. The highest BCUT2D eigenvalue weighted by molar-refractivity contribution is 5.27. The van der Waals surface area contributed by atoms with Crippen molar-refractivity contribution in [3.05, 3.63) is 42.0 Å². The van der Waals surface area contributed by atoms with Crippen LogP contribution in [0.25, 0.3) is 0 Å². The van der Waals surface area contributed by atoms with Gasteiger partial charge in [0.15, 0.2) is 0 Å². The van der Waals surface area contributed by atoms with E-state index in [9.17, 15) is 0 Å². The van der Waals surface area contributed by atoms with E-state index in [2.05, 4.69) is 12.2 Å². The molecule has 90 valence electrons. The minimum absolute atomic E-state index is 0.267. The van der Waals surface area contributed by atoms with E-state index in [0.29, 0.717) is 18.6 Å². The van der Waals surface area contributed by atoms with Gasteiger partial charge in [-0.1, -0.05) is 24.3 Å². The molecule has 0 amide bonds. The minimum atomic E-state index is 0.267. The van der Waals surface area contributed by atoms with E-state index in [0.717, 1.165) is 24.3 Å². The van der Waals surface area contributed by atoms with Crippen LogP contribution in [0.2, 0.25) is 0 Å². The zero-order chi connectivity index (χ0) is 11.7. The van der Waals surface area contributed by atoms with E-state index < -0.39 is 0 Å². The summed E-state index contributed by atoms with van der Waals surface area (Å²) in [5, 5.41) is 0. The summed E-state index contributed by atoms with van der Waals surface area (Å²) >= 11 is 0. The van der Waals surface area contributed by atoms with Crippen LogP contribution in [0.1, 0.15) is 12.0 Å². The number of hydrogen-bond donors (Lipinski definition) is 1. The van der Waals surface area contributed by atoms with Crippen LogP contribution in [0, 0.1) is 5.92 Å². The van der Waals surface area contributed by atoms with Crippen molar-refractivity contribution in [2.24, 2.45) is 11.7 Å². The third-order valence-corrected chi connectivity index (χ3v) is 3.47. The van der Waals surface area contributed by atoms with E-state index in [1.807, 2.05) is 24.3 Å². The first-order valence-corrected chi connectivity index (χ1v) is 6.11. The molecule has 2 aliphatic rings. The lowest BCUT2D eigenvalue weighted by atomic mass is 9.95. The Morgan fingerprint density at radius 3 is 2.65 bits per heavy atom. The van der Waals surface area contributed by atoms with Crippen molar-refractivity contribution in [1.82, 2.24) is 0 Å². The molecule has 1 aromatic rings. The van der Waals surface area contributed by atoms with Crippen molar-refractivity contribution >= 4 is 0 Å². The molecule has 3 unspecified atom stereocenters. The highest BCUT2D eigenvalue weighted by Crippen LogP contribution is 2.33. The first-order chi connectivity index (χ1) is 8.35. The Morgan fingerprint density at radius 1 is 1.24 bits per heavy atom. The summed E-state index contributed by atoms with van der Waals surface area (Å²) < 4.78 is 11.5. The molecular weight excluding hydrogens is 214 g/mol. The van der Waals surface area contributed by atoms with Gasteiger partial charge < -0.3 is 15.2 Å². The molecule has 0 aromatic heterocycles. The monoisotopic (exact) mass is 231 g/mol. The molecule has 0 saturated carbocycles. The molecule has 3 heteroatoms. The number of fused-ring (bicyclic) bond motifs is 2. The maximum atomic E-state index is 5.79. The largest absolute Gasteiger partial charge is 0.493 e. The summed E-state index contributed by atoms with van der Waals surface area (Å²) in [5.74, 6) is 1.41. The fourth-order valence-corrected chi connectivity index (χ4v) is 2.45. The van der Waals surface area contributed by atoms with Crippen molar-refractivity contribution in [3.8, 4) is 5.75 Å². The SMILES string of the molecule is NCc1ccc(OCC2CC3C=CC2O3)cc1. The summed E-state index contributed by atoms with van der Waals surface area (Å²) in [6, 6.07) is 7.97. The number of benzene rings is 1. The summed E-state index contributed by atoms with van der Waals surface area (Å²) in [5.41, 5.74) is 6.68. The number of ether oxygens (including phenoxy) is 2. The Morgan fingerprint density at radius 2 is 2.06 bits per heavy atom. The molecule has 3 nitrogen and oxygen atoms in total. The fourth-order valence-electron chi connectivity index (χ4n) is 2.45. The zero-order valence-electron chi connectivity index (χ0n) is 9.71. The van der Waals surface area contributed by atoms with Crippen LogP contribution >= 0.6 is 0 Å². The van der Waals surface area contributed by atoms with E-state index in [1.165, 1.54) is 0 Å². The normalized spacial score (nSPS) is 29.8. The first kappa shape index (κ1) is 10.8. The Balaban J connectivity index is 1.55. The Bertz CT molecular complexity index is 413. The molecule has 3 atom stereocenters. The Labute approximate surface area is 101 Å². The molecule has 2 N–H and O–H groups in total. The second-order valence-corrected chi connectivity index (χ2v) is 4.68. The molecular formula is C14H17NO2. The van der Waals surface area contributed by atoms with Crippen LogP contribution in [0.3, 0.4) is 0 Å². The van der Waals surface area contributed by atoms with Gasteiger partial charge in [0.25, 0.3) is 0 Å². The maximum absolute atomic E-state index is 5.79. The van der Waals surface area contributed by atoms with Gasteiger partial charge in [-0.05, 0) is 24.1 Å². The average molecular weight is 231 g/mol. The Hall–Kier alpha value is -1.32. The smallest absolute Gasteiger partial charge is 0.119 e. The third kappa shape index (κ3) is 2.21. The summed E-state index contributed by atoms with van der Waals surface area (Å²) in [6.07, 6.45) is 5.98. The van der Waals surface area contributed by atoms with E-state index in [-0.39, 0.29) is 6.10 Å². The van der Waals surface area contributed by atoms with Crippen molar-refractivity contribution in [3.63, 3.8) is 0 Å². The summed E-state index contributed by atoms with van der Waals surface area (Å²) in [7, 11) is 0. The van der Waals surface area contributed by atoms with Gasteiger partial charge in [-0.3, -0.25) is 0 Å². The topological polar surface area (TPSA) is 44.5 Å². The number of rotatable bonds is 4. The van der Waals surface area contributed by atoms with Gasteiger partial charge in [0.05, 0.1) is 18.8 Å². The van der Waals surface area contributed by atoms with Crippen molar-refractivity contribution in [1.29, 1.82) is 0 Å². The number of nitrogens with two attached hydrogens (primary N) is 1. The molecule has 17 heavy (non-hydrogen) atoms. The zero-order valence-corrected chi connectivity index (χ0v) is 9.71. The lowest BCUT2D eigenvalue weighted by Crippen LogP contribution is -2.20. The fraction of sp³-hybridized carbons (Fsp3) is 0.429. The highest BCUT2D eigenvalue weighted by atomic mass is 16.5. The molecule has 3 rings (SSSR count). The molecule has 2 heterocycles. The number of hydrogen-bond acceptors (Lipinski definition) is 3. The molecule has 1 aromatic carbocycles. The lowest BCUT2D eigenvalue weighted by Gasteiger charge is -2.16. The lowest BCUT2D eigenvalue weighted by molar-refractivity contribution is 0.0981. The van der Waals surface area contributed by atoms with Gasteiger partial charge in [-0.15, -0.1) is 0 Å². The molecule has 0 radical (unpaired) electrons. The van der Waals surface area contributed by atoms with Crippen molar-refractivity contribution < 1.29 is 9.47 Å². The van der Waals surface area contributed by atoms with Crippen LogP contribution in [-0.4, -0.2) is 18.8 Å². The predicted octanol–water partition coefficient (Wildman–Crippen LogP) is 1.87. The predicted molar refractivity (Wildman–Crippen MR) is 65.7 cm³/mol. The van der Waals surface area contributed by atoms with Gasteiger partial charge in [0.1, 0.15) is 5.75 Å². The third-order valence-electron chi connectivity index (χ3n) is 3.47. The van der Waals surface area contributed by atoms with Gasteiger partial charge >= 0.3 is 0 Å². The molecule has 1 fully saturated rings. The summed E-state index contributed by atoms with van der Waals surface area (Å²) in [4.78, 5) is 0. The van der Waals surface area contributed by atoms with Crippen molar-refractivity contribution in [2.45, 2.75) is 25.2 Å².